The highest BCUT2D eigenvalue weighted by molar-refractivity contribution is 6.06. The van der Waals surface area contributed by atoms with Gasteiger partial charge in [-0.2, -0.15) is 0 Å². The first kappa shape index (κ1) is 36.0. The lowest BCUT2D eigenvalue weighted by Gasteiger charge is -2.27. The van der Waals surface area contributed by atoms with Crippen LogP contribution in [0.2, 0.25) is 0 Å². The number of hydrogen-bond acceptors (Lipinski definition) is 10. The quantitative estimate of drug-likeness (QED) is 0.0687. The molecule has 0 N–H and O–H groups in total. The predicted molar refractivity (Wildman–Crippen MR) is 195 cm³/mol. The van der Waals surface area contributed by atoms with Crippen molar-refractivity contribution in [1.29, 1.82) is 0 Å². The highest BCUT2D eigenvalue weighted by atomic mass is 16.7. The van der Waals surface area contributed by atoms with Crippen molar-refractivity contribution in [2.45, 2.75) is 38.3 Å². The fourth-order valence-electron chi connectivity index (χ4n) is 6.62. The van der Waals surface area contributed by atoms with Crippen molar-refractivity contribution < 1.29 is 47.6 Å². The zero-order chi connectivity index (χ0) is 36.8. The topological polar surface area (TPSA) is 124 Å². The molecule has 0 fully saturated rings. The second-order valence-corrected chi connectivity index (χ2v) is 11.9. The minimum atomic E-state index is -2.06. The van der Waals surface area contributed by atoms with Crippen LogP contribution in [-0.4, -0.2) is 63.5 Å². The first-order valence-electron chi connectivity index (χ1n) is 16.9. The average Bonchev–Trinajstić information content (AvgIpc) is 3.16. The molecule has 0 aliphatic rings. The molecule has 10 nitrogen and oxygen atoms in total. The van der Waals surface area contributed by atoms with E-state index < -0.39 is 48.3 Å². The first-order chi connectivity index (χ1) is 25.3. The van der Waals surface area contributed by atoms with Gasteiger partial charge in [-0.05, 0) is 69.1 Å². The molecule has 10 heteroatoms. The van der Waals surface area contributed by atoms with E-state index in [0.29, 0.717) is 11.1 Å². The smallest absolute Gasteiger partial charge is 0.352 e. The second kappa shape index (κ2) is 16.0. The summed E-state index contributed by atoms with van der Waals surface area (Å²) in [5.41, 5.74) is 0.992. The monoisotopic (exact) mass is 702 g/mol. The second-order valence-electron chi connectivity index (χ2n) is 11.9. The molecular formula is C42H38O10. The molecule has 4 atom stereocenters. The Kier molecular flexibility index (Phi) is 11.1. The van der Waals surface area contributed by atoms with E-state index in [2.05, 4.69) is 0 Å². The number of carbonyl (C=O) groups is 4. The minimum Gasteiger partial charge on any atom is -0.463 e. The Labute approximate surface area is 300 Å². The van der Waals surface area contributed by atoms with Gasteiger partial charge in [0.25, 0.3) is 0 Å². The molecule has 0 aliphatic carbocycles. The largest absolute Gasteiger partial charge is 0.463 e. The third-order valence-electron chi connectivity index (χ3n) is 8.85. The lowest BCUT2D eigenvalue weighted by atomic mass is 9.93. The van der Waals surface area contributed by atoms with Gasteiger partial charge in [-0.1, -0.05) is 97.1 Å². The summed E-state index contributed by atoms with van der Waals surface area (Å²) in [5.74, 6) is -4.28. The molecule has 0 aromatic heterocycles. The van der Waals surface area contributed by atoms with Crippen LogP contribution in [0.15, 0.2) is 109 Å². The van der Waals surface area contributed by atoms with Crippen LogP contribution in [0, 0.1) is 0 Å². The van der Waals surface area contributed by atoms with E-state index in [-0.39, 0.29) is 13.2 Å². The van der Waals surface area contributed by atoms with Gasteiger partial charge in [-0.3, -0.25) is 0 Å². The van der Waals surface area contributed by atoms with Gasteiger partial charge in [0.05, 0.1) is 13.2 Å². The Balaban J connectivity index is 1.40. The summed E-state index contributed by atoms with van der Waals surface area (Å²) in [6, 6.07) is 33.9. The maximum absolute atomic E-state index is 14.2. The molecule has 0 unspecified atom stereocenters. The van der Waals surface area contributed by atoms with Crippen molar-refractivity contribution in [3.05, 3.63) is 120 Å². The number of benzene rings is 6. The zero-order valence-electron chi connectivity index (χ0n) is 29.2. The number of hydrogen-bond donors (Lipinski definition) is 0. The summed E-state index contributed by atoms with van der Waals surface area (Å²) in [7, 11) is 2.67. The van der Waals surface area contributed by atoms with Crippen LogP contribution >= 0.6 is 0 Å². The molecule has 6 rings (SSSR count). The van der Waals surface area contributed by atoms with Gasteiger partial charge in [-0.15, -0.1) is 0 Å². The van der Waals surface area contributed by atoms with Crippen LogP contribution in [0.4, 0.5) is 0 Å². The Bertz CT molecular complexity index is 2010. The van der Waals surface area contributed by atoms with E-state index in [9.17, 15) is 19.2 Å². The lowest BCUT2D eigenvalue weighted by Crippen LogP contribution is -2.48. The first-order valence-corrected chi connectivity index (χ1v) is 16.9. The highest BCUT2D eigenvalue weighted by Gasteiger charge is 2.45. The minimum absolute atomic E-state index is 0.124. The van der Waals surface area contributed by atoms with Crippen LogP contribution < -0.4 is 0 Å². The molecule has 0 spiro atoms. The van der Waals surface area contributed by atoms with E-state index >= 15 is 0 Å². The van der Waals surface area contributed by atoms with Crippen LogP contribution in [0.5, 0.6) is 0 Å². The molecule has 0 bridgehead atoms. The van der Waals surface area contributed by atoms with Crippen molar-refractivity contribution in [2.75, 3.05) is 27.4 Å². The molecule has 52 heavy (non-hydrogen) atoms. The van der Waals surface area contributed by atoms with Gasteiger partial charge in [0.15, 0.2) is 12.2 Å². The molecule has 6 aromatic carbocycles. The molecule has 0 amide bonds. The summed E-state index contributed by atoms with van der Waals surface area (Å²) in [5, 5.41) is 6.26. The van der Waals surface area contributed by atoms with Gasteiger partial charge >= 0.3 is 23.9 Å². The van der Waals surface area contributed by atoms with Gasteiger partial charge < -0.3 is 28.4 Å². The van der Waals surface area contributed by atoms with E-state index in [1.807, 2.05) is 109 Å². The Morgan fingerprint density at radius 3 is 1.02 bits per heavy atom. The average molecular weight is 703 g/mol. The third-order valence-corrected chi connectivity index (χ3v) is 8.85. The maximum atomic E-state index is 14.2. The number of carbonyl (C=O) groups excluding carboxylic acids is 4. The summed E-state index contributed by atoms with van der Waals surface area (Å²) in [4.78, 5) is 55.5. The SMILES string of the molecule is CCOC(=O)[C@H](OC(=O)[C@@H](OC)c1c2ccccc2cc2ccccc12)[C@@H](OC(=O)[C@@H](OC)c1c2ccccc2cc2ccccc12)C(=O)OCC. The van der Waals surface area contributed by atoms with E-state index in [4.69, 9.17) is 28.4 Å². The van der Waals surface area contributed by atoms with Crippen LogP contribution in [0.3, 0.4) is 0 Å². The standard InChI is InChI=1S/C42H38O10/c1-5-49-39(43)37(51-41(45)35(47-3)33-29-19-11-7-15-25(29)23-26-16-8-12-20-30(26)33)38(40(44)50-6-2)52-42(46)36(48-4)34-31-21-13-9-17-27(31)24-28-18-10-14-22-32(28)34/h7-24,35-38H,5-6H2,1-4H3/t35-,36-,37+,38+/m0/s1. The van der Waals surface area contributed by atoms with Gasteiger partial charge in [-0.25, -0.2) is 19.2 Å². The molecule has 0 aliphatic heterocycles. The number of esters is 4. The third kappa shape index (κ3) is 7.03. The van der Waals surface area contributed by atoms with E-state index in [1.165, 1.54) is 14.2 Å². The summed E-state index contributed by atoms with van der Waals surface area (Å²) in [6.45, 7) is 2.85. The number of ether oxygens (including phenoxy) is 6. The van der Waals surface area contributed by atoms with E-state index in [0.717, 1.165) is 43.1 Å². The summed E-state index contributed by atoms with van der Waals surface area (Å²) in [6.07, 6.45) is -6.84. The maximum Gasteiger partial charge on any atom is 0.352 e. The fraction of sp³-hybridized carbons (Fsp3) is 0.238. The van der Waals surface area contributed by atoms with Crippen LogP contribution in [0.1, 0.15) is 37.2 Å². The van der Waals surface area contributed by atoms with Crippen LogP contribution in [-0.2, 0) is 47.6 Å². The van der Waals surface area contributed by atoms with Gasteiger partial charge in [0, 0.05) is 25.3 Å². The normalized spacial score (nSPS) is 13.7. The summed E-state index contributed by atoms with van der Waals surface area (Å²) < 4.78 is 33.6. The Morgan fingerprint density at radius 2 is 0.750 bits per heavy atom. The molecule has 266 valence electrons. The van der Waals surface area contributed by atoms with Gasteiger partial charge in [0.1, 0.15) is 0 Å². The summed E-state index contributed by atoms with van der Waals surface area (Å²) >= 11 is 0. The Hall–Kier alpha value is -5.84. The van der Waals surface area contributed by atoms with Crippen molar-refractivity contribution in [1.82, 2.24) is 0 Å². The van der Waals surface area contributed by atoms with E-state index in [1.54, 1.807) is 13.8 Å². The van der Waals surface area contributed by atoms with Gasteiger partial charge in [0.2, 0.25) is 12.2 Å². The molecular weight excluding hydrogens is 664 g/mol. The molecule has 0 radical (unpaired) electrons. The van der Waals surface area contributed by atoms with Crippen LogP contribution in [0.25, 0.3) is 43.1 Å². The van der Waals surface area contributed by atoms with Crippen molar-refractivity contribution >= 4 is 67.0 Å². The molecule has 0 saturated carbocycles. The lowest BCUT2D eigenvalue weighted by molar-refractivity contribution is -0.198. The highest BCUT2D eigenvalue weighted by Crippen LogP contribution is 2.37. The number of fused-ring (bicyclic) bond motifs is 4. The number of rotatable bonds is 13. The van der Waals surface area contributed by atoms with Crippen molar-refractivity contribution in [2.24, 2.45) is 0 Å². The molecule has 0 heterocycles. The molecule has 6 aromatic rings. The zero-order valence-corrected chi connectivity index (χ0v) is 29.2. The Morgan fingerprint density at radius 1 is 0.462 bits per heavy atom. The molecule has 0 saturated heterocycles. The van der Waals surface area contributed by atoms with Crippen molar-refractivity contribution in [3.63, 3.8) is 0 Å². The number of methoxy groups -OCH3 is 2. The van der Waals surface area contributed by atoms with Crippen molar-refractivity contribution in [3.8, 4) is 0 Å². The fourth-order valence-corrected chi connectivity index (χ4v) is 6.62. The predicted octanol–water partition coefficient (Wildman–Crippen LogP) is 7.32.